The van der Waals surface area contributed by atoms with E-state index in [9.17, 15) is 10.2 Å². The molecule has 3 heteroatoms. The summed E-state index contributed by atoms with van der Waals surface area (Å²) in [7, 11) is 0. The molecule has 0 spiro atoms. The molecule has 2 aliphatic heterocycles. The van der Waals surface area contributed by atoms with Gasteiger partial charge in [-0.25, -0.2) is 0 Å². The van der Waals surface area contributed by atoms with Gasteiger partial charge in [-0.3, -0.25) is 0 Å². The number of benzene rings is 2. The van der Waals surface area contributed by atoms with Gasteiger partial charge in [0.1, 0.15) is 11.5 Å². The molecule has 2 fully saturated rings. The van der Waals surface area contributed by atoms with E-state index in [1.54, 1.807) is 0 Å². The summed E-state index contributed by atoms with van der Waals surface area (Å²) in [6, 6.07) is 9.31. The molecule has 2 saturated heterocycles. The molecule has 2 aromatic carbocycles. The number of phenolic OH excluding ortho intramolecular Hbond substituents is 2. The van der Waals surface area contributed by atoms with Crippen LogP contribution in [-0.4, -0.2) is 20.7 Å². The summed E-state index contributed by atoms with van der Waals surface area (Å²) >= 11 is 2.22. The fourth-order valence-electron chi connectivity index (χ4n) is 6.80. The molecular weight excluding hydrogens is 496 g/mol. The molecule has 0 amide bonds. The lowest BCUT2D eigenvalue weighted by atomic mass is 9.73. The lowest BCUT2D eigenvalue weighted by Gasteiger charge is -2.45. The molecule has 4 unspecified atom stereocenters. The first kappa shape index (κ1) is 30.4. The van der Waals surface area contributed by atoms with Crippen LogP contribution in [0.2, 0.25) is 0 Å². The van der Waals surface area contributed by atoms with Gasteiger partial charge in [0, 0.05) is 10.5 Å². The van der Waals surface area contributed by atoms with Gasteiger partial charge in [0.2, 0.25) is 0 Å². The topological polar surface area (TPSA) is 40.5 Å². The second kappa shape index (κ2) is 10.0. The SMILES string of the molecule is CC(C)(C)c1cc(C2CCC3SC2CCC3c2cc(C(C)(C)C)c(O)c(C(C)(C)C)c2)cc(C(C)(C)C)c1O. The lowest BCUT2D eigenvalue weighted by Crippen LogP contribution is -2.35. The molecule has 0 aliphatic carbocycles. The van der Waals surface area contributed by atoms with Gasteiger partial charge in [-0.1, -0.05) is 107 Å². The number of phenols is 2. The normalized spacial score (nSPS) is 24.6. The van der Waals surface area contributed by atoms with Crippen molar-refractivity contribution in [1.82, 2.24) is 0 Å². The smallest absolute Gasteiger partial charge is 0.123 e. The predicted octanol–water partition coefficient (Wildman–Crippen LogP) is 10.2. The van der Waals surface area contributed by atoms with E-state index in [0.717, 1.165) is 22.3 Å². The van der Waals surface area contributed by atoms with Crippen molar-refractivity contribution in [2.75, 3.05) is 0 Å². The van der Waals surface area contributed by atoms with Crippen LogP contribution in [-0.2, 0) is 21.7 Å². The monoisotopic (exact) mass is 550 g/mol. The Bertz CT molecular complexity index is 1050. The molecule has 0 saturated carbocycles. The minimum absolute atomic E-state index is 0.101. The molecular formula is C36H54O2S. The zero-order chi connectivity index (χ0) is 29.3. The molecule has 2 aromatic rings. The molecule has 4 atom stereocenters. The van der Waals surface area contributed by atoms with Crippen molar-refractivity contribution in [2.45, 2.75) is 153 Å². The van der Waals surface area contributed by atoms with Crippen LogP contribution in [0.3, 0.4) is 0 Å². The van der Waals surface area contributed by atoms with Crippen LogP contribution < -0.4 is 0 Å². The van der Waals surface area contributed by atoms with Crippen molar-refractivity contribution in [1.29, 1.82) is 0 Å². The van der Waals surface area contributed by atoms with E-state index in [4.69, 9.17) is 0 Å². The molecule has 2 heterocycles. The second-order valence-corrected chi connectivity index (χ2v) is 18.0. The van der Waals surface area contributed by atoms with Gasteiger partial charge in [0.15, 0.2) is 0 Å². The number of rotatable bonds is 2. The molecule has 2 nitrogen and oxygen atoms in total. The fourth-order valence-corrected chi connectivity index (χ4v) is 8.76. The first-order valence-electron chi connectivity index (χ1n) is 15.1. The van der Waals surface area contributed by atoms with Gasteiger partial charge in [-0.05, 0) is 92.6 Å². The molecule has 2 bridgehead atoms. The van der Waals surface area contributed by atoms with Crippen LogP contribution in [0.5, 0.6) is 11.5 Å². The van der Waals surface area contributed by atoms with Crippen LogP contribution in [0.15, 0.2) is 24.3 Å². The van der Waals surface area contributed by atoms with E-state index in [0.29, 0.717) is 33.8 Å². The molecule has 2 aliphatic rings. The minimum atomic E-state index is -0.101. The summed E-state index contributed by atoms with van der Waals surface area (Å²) in [5.74, 6) is 2.04. The summed E-state index contributed by atoms with van der Waals surface area (Å²) in [4.78, 5) is 0. The fraction of sp³-hybridized carbons (Fsp3) is 0.667. The van der Waals surface area contributed by atoms with E-state index in [-0.39, 0.29) is 21.7 Å². The van der Waals surface area contributed by atoms with Gasteiger partial charge in [-0.15, -0.1) is 0 Å². The Morgan fingerprint density at radius 1 is 0.487 bits per heavy atom. The van der Waals surface area contributed by atoms with Crippen LogP contribution in [0.25, 0.3) is 0 Å². The van der Waals surface area contributed by atoms with Crippen LogP contribution in [0, 0.1) is 0 Å². The largest absolute Gasteiger partial charge is 0.507 e. The average molecular weight is 551 g/mol. The second-order valence-electron chi connectivity index (χ2n) is 16.5. The van der Waals surface area contributed by atoms with Crippen molar-refractivity contribution < 1.29 is 10.2 Å². The maximum absolute atomic E-state index is 11.3. The maximum atomic E-state index is 11.3. The highest BCUT2D eigenvalue weighted by Crippen LogP contribution is 2.55. The minimum Gasteiger partial charge on any atom is -0.507 e. The highest BCUT2D eigenvalue weighted by atomic mass is 32.2. The summed E-state index contributed by atoms with van der Waals surface area (Å²) in [5, 5.41) is 23.8. The van der Waals surface area contributed by atoms with E-state index < -0.39 is 0 Å². The van der Waals surface area contributed by atoms with Gasteiger partial charge in [0.25, 0.3) is 0 Å². The van der Waals surface area contributed by atoms with E-state index >= 15 is 0 Å². The third-order valence-electron chi connectivity index (χ3n) is 9.12. The highest BCUT2D eigenvalue weighted by molar-refractivity contribution is 8.00. The Hall–Kier alpha value is -1.61. The maximum Gasteiger partial charge on any atom is 0.123 e. The standard InChI is InChI=1S/C36H54O2S/c1-33(2,3)25-17-21(18-26(31(25)37)34(4,5)6)23-13-15-30-24(14-16-29(23)39-30)22-19-27(35(7,8)9)32(38)28(20-22)36(10,11)12/h17-20,23-24,29-30,37-38H,13-16H2,1-12H3. The summed E-state index contributed by atoms with van der Waals surface area (Å²) in [5.41, 5.74) is 6.77. The van der Waals surface area contributed by atoms with E-state index in [2.05, 4.69) is 119 Å². The number of aromatic hydroxyl groups is 2. The molecule has 0 radical (unpaired) electrons. The Balaban J connectivity index is 1.68. The van der Waals surface area contributed by atoms with E-state index in [1.165, 1.54) is 36.8 Å². The number of fused-ring (bicyclic) bond motifs is 2. The van der Waals surface area contributed by atoms with Crippen molar-refractivity contribution in [3.63, 3.8) is 0 Å². The first-order valence-corrected chi connectivity index (χ1v) is 16.0. The van der Waals surface area contributed by atoms with Crippen LogP contribution in [0.1, 0.15) is 154 Å². The number of hydrogen-bond acceptors (Lipinski definition) is 3. The third kappa shape index (κ3) is 6.04. The average Bonchev–Trinajstić information content (AvgIpc) is 2.77. The van der Waals surface area contributed by atoms with Crippen LogP contribution >= 0.6 is 11.8 Å². The molecule has 39 heavy (non-hydrogen) atoms. The van der Waals surface area contributed by atoms with Crippen molar-refractivity contribution in [2.24, 2.45) is 0 Å². The van der Waals surface area contributed by atoms with Crippen LogP contribution in [0.4, 0.5) is 0 Å². The molecule has 4 rings (SSSR count). The third-order valence-corrected chi connectivity index (χ3v) is 11.0. The zero-order valence-corrected chi connectivity index (χ0v) is 27.6. The quantitative estimate of drug-likeness (QED) is 0.391. The zero-order valence-electron chi connectivity index (χ0n) is 26.7. The van der Waals surface area contributed by atoms with Crippen molar-refractivity contribution >= 4 is 11.8 Å². The van der Waals surface area contributed by atoms with Gasteiger partial charge >= 0.3 is 0 Å². The molecule has 0 aromatic heterocycles. The predicted molar refractivity (Wildman–Crippen MR) is 170 cm³/mol. The molecule has 2 N–H and O–H groups in total. The van der Waals surface area contributed by atoms with Gasteiger partial charge in [0.05, 0.1) is 0 Å². The summed E-state index contributed by atoms with van der Waals surface area (Å²) < 4.78 is 0. The van der Waals surface area contributed by atoms with Crippen molar-refractivity contribution in [3.8, 4) is 11.5 Å². The summed E-state index contributed by atoms with van der Waals surface area (Å²) in [6.45, 7) is 26.6. The Kier molecular flexibility index (Phi) is 7.81. The Labute approximate surface area is 243 Å². The van der Waals surface area contributed by atoms with Crippen molar-refractivity contribution in [3.05, 3.63) is 57.6 Å². The number of hydrogen-bond donors (Lipinski definition) is 2. The first-order chi connectivity index (χ1) is 17.7. The Morgan fingerprint density at radius 2 is 0.744 bits per heavy atom. The van der Waals surface area contributed by atoms with E-state index in [1.807, 2.05) is 0 Å². The number of thioether (sulfide) groups is 1. The Morgan fingerprint density at radius 3 is 0.974 bits per heavy atom. The van der Waals surface area contributed by atoms with Gasteiger partial charge < -0.3 is 10.2 Å². The summed E-state index contributed by atoms with van der Waals surface area (Å²) in [6.07, 6.45) is 4.83. The van der Waals surface area contributed by atoms with Gasteiger partial charge in [-0.2, -0.15) is 11.8 Å². The highest BCUT2D eigenvalue weighted by Gasteiger charge is 2.42. The molecule has 216 valence electrons. The lowest BCUT2D eigenvalue weighted by molar-refractivity contribution is 0.398.